The number of nitroso groups, excluding NO2 is 1. The van der Waals surface area contributed by atoms with Gasteiger partial charge in [-0.1, -0.05) is 33.1 Å². The highest BCUT2D eigenvalue weighted by Gasteiger charge is 2.25. The highest BCUT2D eigenvalue weighted by molar-refractivity contribution is 7.15. The number of nitrogens with zero attached hydrogens (tertiary/aromatic N) is 2. The molecule has 28 heavy (non-hydrogen) atoms. The molecule has 0 radical (unpaired) electrons. The molecule has 1 aromatic carbocycles. The average molecular weight is 403 g/mol. The molecular formula is C22H32N3O2S+. The van der Waals surface area contributed by atoms with Crippen molar-refractivity contribution in [1.29, 1.82) is 0 Å². The van der Waals surface area contributed by atoms with Crippen LogP contribution in [0.25, 0.3) is 10.4 Å². The monoisotopic (exact) mass is 402 g/mol. The van der Waals surface area contributed by atoms with Crippen molar-refractivity contribution >= 4 is 17.0 Å². The van der Waals surface area contributed by atoms with Crippen LogP contribution >= 0.6 is 11.3 Å². The van der Waals surface area contributed by atoms with Crippen LogP contribution in [0.3, 0.4) is 0 Å². The Kier molecular flexibility index (Phi) is 7.43. The molecule has 0 saturated heterocycles. The predicted octanol–water partition coefficient (Wildman–Crippen LogP) is 6.22. The number of benzene rings is 1. The Morgan fingerprint density at radius 2 is 2.07 bits per heavy atom. The maximum atomic E-state index is 12.6. The van der Waals surface area contributed by atoms with Crippen LogP contribution in [0.2, 0.25) is 0 Å². The Bertz CT molecular complexity index is 782. The van der Waals surface area contributed by atoms with Crippen LogP contribution in [0.4, 0.5) is 5.69 Å². The molecule has 2 aromatic rings. The summed E-state index contributed by atoms with van der Waals surface area (Å²) in [5.41, 5.74) is 4.34. The van der Waals surface area contributed by atoms with Crippen molar-refractivity contribution in [3.05, 3.63) is 34.3 Å². The molecule has 152 valence electrons. The van der Waals surface area contributed by atoms with Crippen LogP contribution in [0.5, 0.6) is 5.75 Å². The van der Waals surface area contributed by atoms with Gasteiger partial charge in [0.25, 0.3) is 0 Å². The summed E-state index contributed by atoms with van der Waals surface area (Å²) in [7, 11) is 0. The van der Waals surface area contributed by atoms with E-state index < -0.39 is 0 Å². The quantitative estimate of drug-likeness (QED) is 0.400. The first-order valence-corrected chi connectivity index (χ1v) is 11.3. The summed E-state index contributed by atoms with van der Waals surface area (Å²) >= 11 is 1.72. The van der Waals surface area contributed by atoms with Crippen LogP contribution < -0.4 is 10.2 Å². The molecule has 0 spiro atoms. The number of hydrogen-bond donors (Lipinski definition) is 1. The zero-order valence-electron chi connectivity index (χ0n) is 17.2. The number of ether oxygens (including phenoxy) is 1. The molecular weight excluding hydrogens is 370 g/mol. The number of hydrazine groups is 1. The van der Waals surface area contributed by atoms with Gasteiger partial charge in [-0.25, -0.2) is 4.98 Å². The third kappa shape index (κ3) is 5.31. The molecule has 1 heterocycles. The molecule has 1 saturated carbocycles. The maximum Gasteiger partial charge on any atom is 0.304 e. The van der Waals surface area contributed by atoms with E-state index in [9.17, 15) is 4.91 Å². The van der Waals surface area contributed by atoms with Crippen molar-refractivity contribution in [3.63, 3.8) is 0 Å². The average Bonchev–Trinajstić information content (AvgIpc) is 3.18. The second-order valence-corrected chi connectivity index (χ2v) is 8.98. The van der Waals surface area contributed by atoms with Crippen molar-refractivity contribution in [1.82, 2.24) is 10.4 Å². The van der Waals surface area contributed by atoms with E-state index in [1.165, 1.54) is 37.1 Å². The van der Waals surface area contributed by atoms with Crippen molar-refractivity contribution < 1.29 is 9.61 Å². The number of aromatic nitrogens is 1. The third-order valence-electron chi connectivity index (χ3n) is 5.20. The lowest BCUT2D eigenvalue weighted by molar-refractivity contribution is -0.527. The Morgan fingerprint density at radius 1 is 1.29 bits per heavy atom. The van der Waals surface area contributed by atoms with Crippen LogP contribution in [0.15, 0.2) is 24.4 Å². The smallest absolute Gasteiger partial charge is 0.304 e. The lowest BCUT2D eigenvalue weighted by Crippen LogP contribution is -2.22. The summed E-state index contributed by atoms with van der Waals surface area (Å²) in [6, 6.07) is 5.78. The minimum atomic E-state index is 0.567. The van der Waals surface area contributed by atoms with E-state index in [0.29, 0.717) is 30.7 Å². The van der Waals surface area contributed by atoms with E-state index in [-0.39, 0.29) is 0 Å². The Balaban J connectivity index is 1.84. The van der Waals surface area contributed by atoms with Gasteiger partial charge in [0.05, 0.1) is 39.6 Å². The SMILES string of the molecule is CCN[N+](=O)c1cc(OCCC(C)C)ccc1-c1cnc(C2CCCCC2)s1. The van der Waals surface area contributed by atoms with E-state index >= 15 is 0 Å². The first-order valence-electron chi connectivity index (χ1n) is 10.5. The maximum absolute atomic E-state index is 12.6. The second kappa shape index (κ2) is 10.0. The summed E-state index contributed by atoms with van der Waals surface area (Å²) in [6.07, 6.45) is 9.30. The summed E-state index contributed by atoms with van der Waals surface area (Å²) in [5.74, 6) is 1.90. The van der Waals surface area contributed by atoms with Crippen molar-refractivity contribution in [2.75, 3.05) is 13.2 Å². The molecule has 0 atom stereocenters. The molecule has 0 aliphatic heterocycles. The molecule has 1 N–H and O–H groups in total. The summed E-state index contributed by atoms with van der Waals surface area (Å²) < 4.78 is 5.87. The topological polar surface area (TPSA) is 54.2 Å². The van der Waals surface area contributed by atoms with Gasteiger partial charge >= 0.3 is 5.69 Å². The van der Waals surface area contributed by atoms with Crippen molar-refractivity contribution in [2.24, 2.45) is 5.92 Å². The van der Waals surface area contributed by atoms with Crippen molar-refractivity contribution in [2.45, 2.75) is 65.2 Å². The fourth-order valence-electron chi connectivity index (χ4n) is 3.57. The Labute approximate surface area is 172 Å². The normalized spacial score (nSPS) is 15.0. The van der Waals surface area contributed by atoms with Crippen LogP contribution in [-0.4, -0.2) is 23.0 Å². The molecule has 0 unspecified atom stereocenters. The minimum Gasteiger partial charge on any atom is -0.493 e. The number of rotatable bonds is 9. The van der Waals surface area contributed by atoms with E-state index in [0.717, 1.165) is 27.5 Å². The molecule has 0 amide bonds. The summed E-state index contributed by atoms with van der Waals surface area (Å²) in [6.45, 7) is 7.49. The number of hydrogen-bond acceptors (Lipinski definition) is 4. The zero-order valence-corrected chi connectivity index (χ0v) is 18.1. The highest BCUT2D eigenvalue weighted by atomic mass is 32.1. The molecule has 3 rings (SSSR count). The van der Waals surface area contributed by atoms with Gasteiger partial charge < -0.3 is 4.74 Å². The summed E-state index contributed by atoms with van der Waals surface area (Å²) in [4.78, 5) is 19.2. The molecule has 1 aliphatic rings. The van der Waals surface area contributed by atoms with Gasteiger partial charge in [0.1, 0.15) is 5.75 Å². The first-order chi connectivity index (χ1) is 13.6. The standard InChI is InChI=1S/C22H32N3O2S/c1-4-24-25(26)20-14-18(27-13-12-16(2)3)10-11-19(20)21-15-23-22(28-21)17-8-6-5-7-9-17/h10-11,14-17H,4-9,12-13H2,1-3H3,(H,24,26)/q+1. The van der Waals surface area contributed by atoms with Crippen LogP contribution in [-0.2, 0) is 0 Å². The van der Waals surface area contributed by atoms with Gasteiger partial charge in [0.15, 0.2) is 4.87 Å². The van der Waals surface area contributed by atoms with Crippen molar-refractivity contribution in [3.8, 4) is 16.2 Å². The van der Waals surface area contributed by atoms with Gasteiger partial charge in [0, 0.05) is 12.1 Å². The van der Waals surface area contributed by atoms with E-state index in [1.807, 2.05) is 31.3 Å². The lowest BCUT2D eigenvalue weighted by atomic mass is 9.90. The predicted molar refractivity (Wildman–Crippen MR) is 115 cm³/mol. The zero-order chi connectivity index (χ0) is 19.9. The number of thiazole rings is 1. The largest absolute Gasteiger partial charge is 0.493 e. The lowest BCUT2D eigenvalue weighted by Gasteiger charge is -2.18. The molecule has 1 fully saturated rings. The molecule has 1 aliphatic carbocycles. The fraction of sp³-hybridized carbons (Fsp3) is 0.591. The minimum absolute atomic E-state index is 0.567. The van der Waals surface area contributed by atoms with Gasteiger partial charge in [-0.05, 0) is 44.2 Å². The van der Waals surface area contributed by atoms with Crippen LogP contribution in [0, 0.1) is 10.8 Å². The third-order valence-corrected chi connectivity index (χ3v) is 6.39. The van der Waals surface area contributed by atoms with Gasteiger partial charge in [-0.15, -0.1) is 16.8 Å². The van der Waals surface area contributed by atoms with E-state index in [2.05, 4.69) is 19.3 Å². The second-order valence-electron chi connectivity index (χ2n) is 7.91. The van der Waals surface area contributed by atoms with Gasteiger partial charge in [0.2, 0.25) is 0 Å². The number of nitrogens with one attached hydrogen (secondary N) is 1. The fourth-order valence-corrected chi connectivity index (χ4v) is 4.69. The van der Waals surface area contributed by atoms with Gasteiger partial charge in [-0.2, -0.15) is 0 Å². The Morgan fingerprint density at radius 3 is 2.79 bits per heavy atom. The van der Waals surface area contributed by atoms with E-state index in [4.69, 9.17) is 9.72 Å². The van der Waals surface area contributed by atoms with Gasteiger partial charge in [-0.3, -0.25) is 0 Å². The highest BCUT2D eigenvalue weighted by Crippen LogP contribution is 2.40. The molecule has 0 bridgehead atoms. The van der Waals surface area contributed by atoms with E-state index in [1.54, 1.807) is 11.3 Å². The van der Waals surface area contributed by atoms with Crippen LogP contribution in [0.1, 0.15) is 70.2 Å². The first kappa shape index (κ1) is 20.8. The molecule has 5 nitrogen and oxygen atoms in total. The summed E-state index contributed by atoms with van der Waals surface area (Å²) in [5, 5.41) is 1.21. The molecule has 6 heteroatoms. The Hall–Kier alpha value is -1.95. The molecule has 1 aromatic heterocycles.